The lowest BCUT2D eigenvalue weighted by molar-refractivity contribution is -0.115. The molecular formula is C14H12N4O2S. The standard InChI is InChI=1S/C14H12N4O2S/c19-13-11(17-14(18-13)16-9-5-20-6-9)3-8-1-2-10-12(4-8)21-7-15-10/h1-4,7,9H,5-6H2,(H2,16,17,18,19)/b11-3-. The third-order valence-corrected chi connectivity index (χ3v) is 4.13. The maximum atomic E-state index is 11.9. The van der Waals surface area contributed by atoms with Gasteiger partial charge in [0.25, 0.3) is 5.91 Å². The van der Waals surface area contributed by atoms with E-state index in [-0.39, 0.29) is 11.9 Å². The number of benzene rings is 1. The monoisotopic (exact) mass is 300 g/mol. The van der Waals surface area contributed by atoms with Crippen LogP contribution in [-0.4, -0.2) is 36.1 Å². The Morgan fingerprint density at radius 3 is 3.14 bits per heavy atom. The van der Waals surface area contributed by atoms with E-state index in [4.69, 9.17) is 4.74 Å². The first-order valence-corrected chi connectivity index (χ1v) is 7.45. The molecule has 4 rings (SSSR count). The number of aliphatic imine (C=N–C) groups is 1. The molecule has 1 aromatic carbocycles. The number of hydrogen-bond donors (Lipinski definition) is 2. The second-order valence-corrected chi connectivity index (χ2v) is 5.79. The van der Waals surface area contributed by atoms with Gasteiger partial charge in [0.15, 0.2) is 0 Å². The molecule has 1 amide bonds. The van der Waals surface area contributed by atoms with Crippen LogP contribution in [0.4, 0.5) is 0 Å². The Hall–Kier alpha value is -2.25. The molecule has 21 heavy (non-hydrogen) atoms. The Morgan fingerprint density at radius 1 is 1.43 bits per heavy atom. The predicted octanol–water partition coefficient (Wildman–Crippen LogP) is 1.11. The Balaban J connectivity index is 1.59. The van der Waals surface area contributed by atoms with Crippen molar-refractivity contribution in [1.29, 1.82) is 0 Å². The number of carbonyl (C=O) groups excluding carboxylic acids is 1. The van der Waals surface area contributed by atoms with Crippen LogP contribution in [0.5, 0.6) is 0 Å². The summed E-state index contributed by atoms with van der Waals surface area (Å²) < 4.78 is 6.17. The van der Waals surface area contributed by atoms with Gasteiger partial charge in [0.05, 0.1) is 35.0 Å². The number of thiazole rings is 1. The zero-order valence-electron chi connectivity index (χ0n) is 11.0. The number of nitrogens with one attached hydrogen (secondary N) is 2. The highest BCUT2D eigenvalue weighted by molar-refractivity contribution is 7.16. The number of aromatic nitrogens is 1. The molecule has 2 N–H and O–H groups in total. The molecule has 2 aliphatic heterocycles. The average Bonchev–Trinajstić information content (AvgIpc) is 3.01. The molecule has 1 fully saturated rings. The minimum absolute atomic E-state index is 0.192. The van der Waals surface area contributed by atoms with Crippen molar-refractivity contribution in [2.75, 3.05) is 13.2 Å². The molecule has 1 saturated heterocycles. The second kappa shape index (κ2) is 4.94. The summed E-state index contributed by atoms with van der Waals surface area (Å²) in [5.41, 5.74) is 4.12. The summed E-state index contributed by atoms with van der Waals surface area (Å²) in [6, 6.07) is 6.12. The van der Waals surface area contributed by atoms with Crippen molar-refractivity contribution in [2.24, 2.45) is 4.99 Å². The van der Waals surface area contributed by atoms with Crippen LogP contribution in [0.25, 0.3) is 16.3 Å². The SMILES string of the molecule is O=C1NC(NC2COC2)=N/C1=C\c1ccc2ncsc2c1. The lowest BCUT2D eigenvalue weighted by Gasteiger charge is -2.27. The summed E-state index contributed by atoms with van der Waals surface area (Å²) in [5, 5.41) is 5.85. The fourth-order valence-corrected chi connectivity index (χ4v) is 2.89. The van der Waals surface area contributed by atoms with Gasteiger partial charge in [-0.25, -0.2) is 9.98 Å². The summed E-state index contributed by atoms with van der Waals surface area (Å²) in [4.78, 5) is 20.4. The van der Waals surface area contributed by atoms with Gasteiger partial charge >= 0.3 is 0 Å². The number of guanidine groups is 1. The first-order valence-electron chi connectivity index (χ1n) is 6.57. The molecule has 2 aliphatic rings. The molecule has 0 aliphatic carbocycles. The van der Waals surface area contributed by atoms with E-state index in [0.717, 1.165) is 15.8 Å². The van der Waals surface area contributed by atoms with Gasteiger partial charge in [-0.2, -0.15) is 0 Å². The van der Waals surface area contributed by atoms with Crippen LogP contribution in [0.2, 0.25) is 0 Å². The summed E-state index contributed by atoms with van der Waals surface area (Å²) in [6.07, 6.45) is 1.78. The van der Waals surface area contributed by atoms with Crippen molar-refractivity contribution in [2.45, 2.75) is 6.04 Å². The minimum atomic E-state index is -0.192. The third-order valence-electron chi connectivity index (χ3n) is 3.33. The highest BCUT2D eigenvalue weighted by Crippen LogP contribution is 2.21. The molecule has 2 aromatic rings. The Kier molecular flexibility index (Phi) is 2.94. The fourth-order valence-electron chi connectivity index (χ4n) is 2.17. The molecule has 0 radical (unpaired) electrons. The van der Waals surface area contributed by atoms with Crippen LogP contribution in [0.3, 0.4) is 0 Å². The normalized spacial score (nSPS) is 20.5. The van der Waals surface area contributed by atoms with E-state index in [1.807, 2.05) is 23.7 Å². The van der Waals surface area contributed by atoms with Gasteiger partial charge in [0.1, 0.15) is 5.70 Å². The topological polar surface area (TPSA) is 75.6 Å². The minimum Gasteiger partial charge on any atom is -0.377 e. The molecule has 0 saturated carbocycles. The quantitative estimate of drug-likeness (QED) is 0.815. The highest BCUT2D eigenvalue weighted by atomic mass is 32.1. The van der Waals surface area contributed by atoms with Crippen molar-refractivity contribution in [3.05, 3.63) is 35.0 Å². The number of carbonyl (C=O) groups is 1. The lowest BCUT2D eigenvalue weighted by atomic mass is 10.2. The largest absolute Gasteiger partial charge is 0.377 e. The molecule has 3 heterocycles. The summed E-state index contributed by atoms with van der Waals surface area (Å²) in [5.74, 6) is 0.306. The first-order chi connectivity index (χ1) is 10.3. The van der Waals surface area contributed by atoms with Crippen LogP contribution in [0.1, 0.15) is 5.56 Å². The van der Waals surface area contributed by atoms with Gasteiger partial charge in [0, 0.05) is 0 Å². The number of rotatable bonds is 2. The van der Waals surface area contributed by atoms with Crippen molar-refractivity contribution in [1.82, 2.24) is 15.6 Å². The summed E-state index contributed by atoms with van der Waals surface area (Å²) >= 11 is 1.58. The number of hydrogen-bond acceptors (Lipinski definition) is 6. The molecule has 0 spiro atoms. The van der Waals surface area contributed by atoms with E-state index in [9.17, 15) is 4.79 Å². The van der Waals surface area contributed by atoms with E-state index in [0.29, 0.717) is 24.9 Å². The van der Waals surface area contributed by atoms with Crippen LogP contribution >= 0.6 is 11.3 Å². The van der Waals surface area contributed by atoms with Crippen molar-refractivity contribution >= 4 is 39.5 Å². The Bertz CT molecular complexity index is 776. The van der Waals surface area contributed by atoms with E-state index in [2.05, 4.69) is 20.6 Å². The molecule has 7 heteroatoms. The Morgan fingerprint density at radius 2 is 2.33 bits per heavy atom. The molecular weight excluding hydrogens is 288 g/mol. The molecule has 1 aromatic heterocycles. The first kappa shape index (κ1) is 12.5. The van der Waals surface area contributed by atoms with Gasteiger partial charge in [-0.1, -0.05) is 6.07 Å². The zero-order chi connectivity index (χ0) is 14.2. The predicted molar refractivity (Wildman–Crippen MR) is 80.9 cm³/mol. The second-order valence-electron chi connectivity index (χ2n) is 4.90. The van der Waals surface area contributed by atoms with Gasteiger partial charge in [-0.05, 0) is 23.8 Å². The van der Waals surface area contributed by atoms with Gasteiger partial charge < -0.3 is 10.1 Å². The van der Waals surface area contributed by atoms with Crippen LogP contribution in [0.15, 0.2) is 34.4 Å². The molecule has 0 atom stereocenters. The molecule has 0 bridgehead atoms. The number of amides is 1. The average molecular weight is 300 g/mol. The third kappa shape index (κ3) is 2.41. The summed E-state index contributed by atoms with van der Waals surface area (Å²) in [6.45, 7) is 1.30. The van der Waals surface area contributed by atoms with Crippen LogP contribution < -0.4 is 10.6 Å². The maximum absolute atomic E-state index is 11.9. The van der Waals surface area contributed by atoms with Gasteiger partial charge in [-0.15, -0.1) is 11.3 Å². The van der Waals surface area contributed by atoms with Crippen molar-refractivity contribution < 1.29 is 9.53 Å². The fraction of sp³-hybridized carbons (Fsp3) is 0.214. The number of fused-ring (bicyclic) bond motifs is 1. The van der Waals surface area contributed by atoms with Gasteiger partial charge in [-0.3, -0.25) is 10.1 Å². The molecule has 0 unspecified atom stereocenters. The van der Waals surface area contributed by atoms with Crippen LogP contribution in [-0.2, 0) is 9.53 Å². The molecule has 106 valence electrons. The lowest BCUT2D eigenvalue weighted by Crippen LogP contribution is -2.52. The van der Waals surface area contributed by atoms with Gasteiger partial charge in [0.2, 0.25) is 5.96 Å². The van der Waals surface area contributed by atoms with Crippen molar-refractivity contribution in [3.8, 4) is 0 Å². The zero-order valence-corrected chi connectivity index (χ0v) is 11.8. The summed E-state index contributed by atoms with van der Waals surface area (Å²) in [7, 11) is 0. The Labute approximate surface area is 124 Å². The van der Waals surface area contributed by atoms with E-state index in [1.54, 1.807) is 17.4 Å². The smallest absolute Gasteiger partial charge is 0.276 e. The molecule has 6 nitrogen and oxygen atoms in total. The van der Waals surface area contributed by atoms with E-state index < -0.39 is 0 Å². The van der Waals surface area contributed by atoms with Crippen LogP contribution in [0, 0.1) is 0 Å². The van der Waals surface area contributed by atoms with E-state index >= 15 is 0 Å². The number of nitrogens with zero attached hydrogens (tertiary/aromatic N) is 2. The maximum Gasteiger partial charge on any atom is 0.276 e. The van der Waals surface area contributed by atoms with E-state index in [1.165, 1.54) is 0 Å². The number of ether oxygens (including phenoxy) is 1. The highest BCUT2D eigenvalue weighted by Gasteiger charge is 2.25. The van der Waals surface area contributed by atoms with Crippen molar-refractivity contribution in [3.63, 3.8) is 0 Å².